The molecule has 1 rings (SSSR count). The minimum absolute atomic E-state index is 0. The van der Waals surface area contributed by atoms with E-state index in [2.05, 4.69) is 0 Å². The summed E-state index contributed by atoms with van der Waals surface area (Å²) in [7, 11) is 0. The van der Waals surface area contributed by atoms with Gasteiger partial charge in [0.25, 0.3) is 0 Å². The topological polar surface area (TPSA) is 46.2 Å². The molecular weight excluding hydrogens is 228 g/mol. The third-order valence-electron chi connectivity index (χ3n) is 1.75. The van der Waals surface area contributed by atoms with Crippen molar-refractivity contribution in [2.45, 2.75) is 12.5 Å². The van der Waals surface area contributed by atoms with E-state index < -0.39 is 5.82 Å². The Balaban J connectivity index is 0.00000169. The lowest BCUT2D eigenvalue weighted by atomic mass is 10.1. The maximum Gasteiger partial charge on any atom is 0.125 e. The molecule has 14 heavy (non-hydrogen) atoms. The Hall–Kier alpha value is -0.350. The molecule has 0 aliphatic carbocycles. The Kier molecular flexibility index (Phi) is 6.04. The molecule has 1 atom stereocenters. The van der Waals surface area contributed by atoms with Crippen LogP contribution in [0.5, 0.6) is 0 Å². The minimum atomic E-state index is -0.407. The smallest absolute Gasteiger partial charge is 0.125 e. The van der Waals surface area contributed by atoms with E-state index in [1.165, 1.54) is 12.1 Å². The lowest BCUT2D eigenvalue weighted by Crippen LogP contribution is -2.12. The van der Waals surface area contributed by atoms with Crippen LogP contribution in [-0.2, 0) is 0 Å². The van der Waals surface area contributed by atoms with Crippen molar-refractivity contribution in [2.24, 2.45) is 5.73 Å². The van der Waals surface area contributed by atoms with Crippen LogP contribution in [0.25, 0.3) is 0 Å². The van der Waals surface area contributed by atoms with Crippen LogP contribution in [0.1, 0.15) is 18.0 Å². The quantitative estimate of drug-likeness (QED) is 0.851. The Morgan fingerprint density at radius 2 is 2.07 bits per heavy atom. The van der Waals surface area contributed by atoms with Gasteiger partial charge < -0.3 is 10.8 Å². The van der Waals surface area contributed by atoms with E-state index in [1.807, 2.05) is 0 Å². The van der Waals surface area contributed by atoms with Gasteiger partial charge >= 0.3 is 0 Å². The van der Waals surface area contributed by atoms with E-state index in [4.69, 9.17) is 22.4 Å². The second-order valence-corrected chi connectivity index (χ2v) is 3.26. The number of benzene rings is 1. The molecule has 0 radical (unpaired) electrons. The summed E-state index contributed by atoms with van der Waals surface area (Å²) in [5.74, 6) is -0.407. The number of hydrogen-bond acceptors (Lipinski definition) is 2. The van der Waals surface area contributed by atoms with E-state index in [1.54, 1.807) is 6.07 Å². The number of nitrogens with two attached hydrogens (primary N) is 1. The molecule has 0 saturated heterocycles. The van der Waals surface area contributed by atoms with Crippen LogP contribution < -0.4 is 5.73 Å². The fraction of sp³-hybridized carbons (Fsp3) is 0.333. The molecule has 0 amide bonds. The third kappa shape index (κ3) is 3.80. The molecule has 0 saturated carbocycles. The SMILES string of the molecule is Cl.NC(CCO)c1cc(F)cc(Cl)c1. The normalized spacial score (nSPS) is 12.0. The van der Waals surface area contributed by atoms with Crippen molar-refractivity contribution in [3.05, 3.63) is 34.6 Å². The van der Waals surface area contributed by atoms with Gasteiger partial charge in [-0.3, -0.25) is 0 Å². The molecule has 1 aromatic carbocycles. The summed E-state index contributed by atoms with van der Waals surface area (Å²) in [4.78, 5) is 0. The van der Waals surface area contributed by atoms with E-state index in [0.29, 0.717) is 17.0 Å². The van der Waals surface area contributed by atoms with Gasteiger partial charge in [-0.2, -0.15) is 0 Å². The maximum absolute atomic E-state index is 12.8. The van der Waals surface area contributed by atoms with Crippen molar-refractivity contribution in [3.63, 3.8) is 0 Å². The molecule has 0 bridgehead atoms. The first kappa shape index (κ1) is 13.7. The van der Waals surface area contributed by atoms with Gasteiger partial charge in [0.2, 0.25) is 0 Å². The summed E-state index contributed by atoms with van der Waals surface area (Å²) in [6, 6.07) is 3.78. The van der Waals surface area contributed by atoms with Gasteiger partial charge in [-0.05, 0) is 30.2 Å². The molecule has 3 N–H and O–H groups in total. The summed E-state index contributed by atoms with van der Waals surface area (Å²) >= 11 is 5.64. The summed E-state index contributed by atoms with van der Waals surface area (Å²) in [5, 5.41) is 8.95. The van der Waals surface area contributed by atoms with Crippen LogP contribution in [0.4, 0.5) is 4.39 Å². The Morgan fingerprint density at radius 1 is 1.43 bits per heavy atom. The summed E-state index contributed by atoms with van der Waals surface area (Å²) in [6.07, 6.45) is 0.403. The van der Waals surface area contributed by atoms with Gasteiger partial charge in [-0.1, -0.05) is 11.6 Å². The molecule has 5 heteroatoms. The number of hydrogen-bond donors (Lipinski definition) is 2. The maximum atomic E-state index is 12.8. The fourth-order valence-corrected chi connectivity index (χ4v) is 1.33. The van der Waals surface area contributed by atoms with Gasteiger partial charge in [0.05, 0.1) is 0 Å². The van der Waals surface area contributed by atoms with E-state index in [-0.39, 0.29) is 25.1 Å². The average molecular weight is 240 g/mol. The number of rotatable bonds is 3. The fourth-order valence-electron chi connectivity index (χ4n) is 1.09. The van der Waals surface area contributed by atoms with Crippen LogP contribution in [0.3, 0.4) is 0 Å². The van der Waals surface area contributed by atoms with Crippen molar-refractivity contribution in [1.82, 2.24) is 0 Å². The van der Waals surface area contributed by atoms with Gasteiger partial charge in [0, 0.05) is 17.7 Å². The lowest BCUT2D eigenvalue weighted by Gasteiger charge is -2.10. The van der Waals surface area contributed by atoms with Crippen molar-refractivity contribution >= 4 is 24.0 Å². The molecule has 0 aromatic heterocycles. The Labute approximate surface area is 93.3 Å². The highest BCUT2D eigenvalue weighted by Gasteiger charge is 2.07. The molecule has 0 spiro atoms. The van der Waals surface area contributed by atoms with Crippen molar-refractivity contribution in [1.29, 1.82) is 0 Å². The van der Waals surface area contributed by atoms with Gasteiger partial charge in [0.15, 0.2) is 0 Å². The highest BCUT2D eigenvalue weighted by atomic mass is 35.5. The standard InChI is InChI=1S/C9H11ClFNO.ClH/c10-7-3-6(4-8(11)5-7)9(12)1-2-13;/h3-5,9,13H,1-2,12H2;1H. The molecule has 0 aliphatic rings. The highest BCUT2D eigenvalue weighted by Crippen LogP contribution is 2.20. The zero-order valence-corrected chi connectivity index (χ0v) is 8.98. The number of aliphatic hydroxyl groups is 1. The van der Waals surface area contributed by atoms with Crippen LogP contribution >= 0.6 is 24.0 Å². The van der Waals surface area contributed by atoms with Gasteiger partial charge in [-0.15, -0.1) is 12.4 Å². The van der Waals surface area contributed by atoms with Crippen molar-refractivity contribution < 1.29 is 9.50 Å². The van der Waals surface area contributed by atoms with Gasteiger partial charge in [-0.25, -0.2) is 4.39 Å². The van der Waals surface area contributed by atoms with Crippen molar-refractivity contribution in [2.75, 3.05) is 6.61 Å². The third-order valence-corrected chi connectivity index (χ3v) is 1.97. The first-order chi connectivity index (χ1) is 6.13. The van der Waals surface area contributed by atoms with E-state index in [9.17, 15) is 4.39 Å². The van der Waals surface area contributed by atoms with Crippen LogP contribution in [-0.4, -0.2) is 11.7 Å². The first-order valence-corrected chi connectivity index (χ1v) is 4.33. The minimum Gasteiger partial charge on any atom is -0.396 e. The van der Waals surface area contributed by atoms with Crippen molar-refractivity contribution in [3.8, 4) is 0 Å². The molecule has 1 aromatic rings. The average Bonchev–Trinajstić information content (AvgIpc) is 2.03. The zero-order chi connectivity index (χ0) is 9.84. The second-order valence-electron chi connectivity index (χ2n) is 2.82. The van der Waals surface area contributed by atoms with Crippen LogP contribution in [0.15, 0.2) is 18.2 Å². The van der Waals surface area contributed by atoms with Crippen LogP contribution in [0.2, 0.25) is 5.02 Å². The lowest BCUT2D eigenvalue weighted by molar-refractivity contribution is 0.276. The monoisotopic (exact) mass is 239 g/mol. The number of halogens is 3. The molecular formula is C9H12Cl2FNO. The Morgan fingerprint density at radius 3 is 2.57 bits per heavy atom. The van der Waals surface area contributed by atoms with Crippen LogP contribution in [0, 0.1) is 5.82 Å². The predicted molar refractivity (Wildman–Crippen MR) is 57.3 cm³/mol. The second kappa shape index (κ2) is 6.19. The van der Waals surface area contributed by atoms with E-state index >= 15 is 0 Å². The molecule has 0 heterocycles. The first-order valence-electron chi connectivity index (χ1n) is 3.96. The highest BCUT2D eigenvalue weighted by molar-refractivity contribution is 6.30. The van der Waals surface area contributed by atoms with Gasteiger partial charge in [0.1, 0.15) is 5.82 Å². The zero-order valence-electron chi connectivity index (χ0n) is 7.41. The molecule has 80 valence electrons. The summed E-state index contributed by atoms with van der Waals surface area (Å²) in [5.41, 5.74) is 6.27. The molecule has 0 aliphatic heterocycles. The summed E-state index contributed by atoms with van der Waals surface area (Å²) < 4.78 is 12.8. The molecule has 2 nitrogen and oxygen atoms in total. The largest absolute Gasteiger partial charge is 0.396 e. The summed E-state index contributed by atoms with van der Waals surface area (Å²) in [6.45, 7) is -0.0186. The number of aliphatic hydroxyl groups excluding tert-OH is 1. The van der Waals surface area contributed by atoms with E-state index in [0.717, 1.165) is 0 Å². The predicted octanol–water partition coefficient (Wildman–Crippen LogP) is 2.28. The molecule has 0 fully saturated rings. The Bertz CT molecular complexity index is 276. The molecule has 1 unspecified atom stereocenters.